The molecule has 1 aliphatic heterocycles. The third-order valence-electron chi connectivity index (χ3n) is 4.15. The summed E-state index contributed by atoms with van der Waals surface area (Å²) in [5.41, 5.74) is 1.72. The van der Waals surface area contributed by atoms with Crippen molar-refractivity contribution in [1.82, 2.24) is 15.1 Å². The van der Waals surface area contributed by atoms with E-state index in [1.165, 1.54) is 7.11 Å². The van der Waals surface area contributed by atoms with Crippen molar-refractivity contribution in [3.63, 3.8) is 0 Å². The number of ether oxygens (including phenoxy) is 2. The number of nitrogens with one attached hydrogen (secondary N) is 2. The van der Waals surface area contributed by atoms with Crippen LogP contribution in [0, 0.1) is 0 Å². The fourth-order valence-electron chi connectivity index (χ4n) is 2.70. The number of carbonyl (C=O) groups is 2. The second-order valence-electron chi connectivity index (χ2n) is 5.89. The molecule has 27 heavy (non-hydrogen) atoms. The monoisotopic (exact) mass is 377 g/mol. The van der Waals surface area contributed by atoms with Gasteiger partial charge < -0.3 is 24.6 Å². The van der Waals surface area contributed by atoms with E-state index >= 15 is 0 Å². The van der Waals surface area contributed by atoms with E-state index in [2.05, 4.69) is 25.3 Å². The van der Waals surface area contributed by atoms with Gasteiger partial charge in [0, 0.05) is 45.5 Å². The van der Waals surface area contributed by atoms with Crippen LogP contribution in [0.2, 0.25) is 0 Å². The molecule has 0 unspecified atom stereocenters. The molecule has 1 aromatic rings. The van der Waals surface area contributed by atoms with Crippen LogP contribution in [-0.2, 0) is 16.0 Å². The Morgan fingerprint density at radius 1 is 1.11 bits per heavy atom. The molecule has 2 N–H and O–H groups in total. The Balaban J connectivity index is 1.82. The average molecular weight is 377 g/mol. The summed E-state index contributed by atoms with van der Waals surface area (Å²) in [6.07, 6.45) is -0.760. The fraction of sp³-hybridized carbons (Fsp3) is 0.500. The van der Waals surface area contributed by atoms with Crippen LogP contribution < -0.4 is 10.6 Å². The van der Waals surface area contributed by atoms with Gasteiger partial charge in [-0.1, -0.05) is 12.1 Å². The van der Waals surface area contributed by atoms with Crippen LogP contribution in [0.4, 0.5) is 15.3 Å². The van der Waals surface area contributed by atoms with Crippen molar-refractivity contribution in [1.29, 1.82) is 0 Å². The van der Waals surface area contributed by atoms with E-state index in [9.17, 15) is 9.59 Å². The summed E-state index contributed by atoms with van der Waals surface area (Å²) in [5.74, 6) is 0.787. The van der Waals surface area contributed by atoms with Gasteiger partial charge in [0.05, 0.1) is 13.7 Å². The first kappa shape index (κ1) is 20.3. The topological polar surface area (TPSA) is 95.5 Å². The van der Waals surface area contributed by atoms with Crippen molar-refractivity contribution in [3.8, 4) is 0 Å². The van der Waals surface area contributed by atoms with Crippen molar-refractivity contribution in [3.05, 3.63) is 29.8 Å². The smallest absolute Gasteiger partial charge is 0.411 e. The lowest BCUT2D eigenvalue weighted by Crippen LogP contribution is -2.53. The largest absolute Gasteiger partial charge is 0.453 e. The number of hydrogen-bond acceptors (Lipinski definition) is 5. The number of aliphatic imine (C=N–C) groups is 1. The fourth-order valence-corrected chi connectivity index (χ4v) is 2.70. The van der Waals surface area contributed by atoms with Crippen LogP contribution in [0.1, 0.15) is 12.5 Å². The van der Waals surface area contributed by atoms with Crippen LogP contribution in [0.15, 0.2) is 29.3 Å². The third kappa shape index (κ3) is 6.05. The first-order chi connectivity index (χ1) is 13.1. The number of rotatable bonds is 4. The quantitative estimate of drug-likeness (QED) is 0.613. The van der Waals surface area contributed by atoms with E-state index in [0.29, 0.717) is 45.0 Å². The van der Waals surface area contributed by atoms with Gasteiger partial charge in [-0.25, -0.2) is 9.59 Å². The normalized spacial score (nSPS) is 14.6. The van der Waals surface area contributed by atoms with E-state index in [4.69, 9.17) is 4.74 Å². The Bertz CT molecular complexity index is 654. The Hall–Kier alpha value is -2.97. The molecule has 2 rings (SSSR count). The van der Waals surface area contributed by atoms with Crippen molar-refractivity contribution < 1.29 is 19.1 Å². The standard InChI is InChI=1S/C18H27N5O4/c1-4-27-18(25)23-11-9-22(10-12-23)16(19-2)20-13-14-5-7-15(8-6-14)21-17(24)26-3/h5-8H,4,9-13H2,1-3H3,(H,19,20)(H,21,24). The molecule has 0 atom stereocenters. The van der Waals surface area contributed by atoms with Gasteiger partial charge in [-0.3, -0.25) is 10.3 Å². The van der Waals surface area contributed by atoms with Crippen molar-refractivity contribution in [2.45, 2.75) is 13.5 Å². The van der Waals surface area contributed by atoms with Crippen molar-refractivity contribution in [2.75, 3.05) is 52.3 Å². The Kier molecular flexibility index (Phi) is 7.72. The molecule has 0 radical (unpaired) electrons. The maximum atomic E-state index is 11.8. The molecule has 0 aromatic heterocycles. The van der Waals surface area contributed by atoms with Crippen molar-refractivity contribution in [2.24, 2.45) is 4.99 Å². The van der Waals surface area contributed by atoms with E-state index < -0.39 is 6.09 Å². The molecule has 0 spiro atoms. The summed E-state index contributed by atoms with van der Waals surface area (Å²) in [7, 11) is 3.06. The number of amides is 2. The van der Waals surface area contributed by atoms with E-state index in [1.54, 1.807) is 18.9 Å². The molecular weight excluding hydrogens is 350 g/mol. The third-order valence-corrected chi connectivity index (χ3v) is 4.15. The summed E-state index contributed by atoms with van der Waals surface area (Å²) in [6.45, 7) is 5.39. The van der Waals surface area contributed by atoms with Gasteiger partial charge in [-0.15, -0.1) is 0 Å². The van der Waals surface area contributed by atoms with Crippen LogP contribution in [0.25, 0.3) is 0 Å². The second kappa shape index (κ2) is 10.2. The van der Waals surface area contributed by atoms with Gasteiger partial charge in [0.15, 0.2) is 5.96 Å². The number of piperazine rings is 1. The van der Waals surface area contributed by atoms with Crippen LogP contribution in [-0.4, -0.2) is 74.9 Å². The molecule has 1 aliphatic rings. The number of anilines is 1. The Labute approximate surface area is 159 Å². The Morgan fingerprint density at radius 3 is 2.30 bits per heavy atom. The molecule has 1 saturated heterocycles. The van der Waals surface area contributed by atoms with E-state index in [-0.39, 0.29) is 6.09 Å². The number of methoxy groups -OCH3 is 1. The summed E-state index contributed by atoms with van der Waals surface area (Å²) in [6, 6.07) is 7.47. The highest BCUT2D eigenvalue weighted by Gasteiger charge is 2.23. The zero-order valence-corrected chi connectivity index (χ0v) is 16.0. The molecule has 148 valence electrons. The molecule has 0 bridgehead atoms. The molecule has 1 heterocycles. The highest BCUT2D eigenvalue weighted by Crippen LogP contribution is 2.10. The molecule has 1 aromatic carbocycles. The lowest BCUT2D eigenvalue weighted by atomic mass is 10.2. The zero-order chi connectivity index (χ0) is 19.6. The van der Waals surface area contributed by atoms with E-state index in [1.807, 2.05) is 24.3 Å². The number of carbonyl (C=O) groups excluding carboxylic acids is 2. The van der Waals surface area contributed by atoms with Crippen LogP contribution in [0.3, 0.4) is 0 Å². The molecule has 2 amide bonds. The second-order valence-corrected chi connectivity index (χ2v) is 5.89. The predicted octanol–water partition coefficient (Wildman–Crippen LogP) is 1.71. The van der Waals surface area contributed by atoms with Crippen molar-refractivity contribution >= 4 is 23.8 Å². The number of guanidine groups is 1. The SMILES string of the molecule is CCOC(=O)N1CCN(C(=NC)NCc2ccc(NC(=O)OC)cc2)CC1. The molecule has 9 nitrogen and oxygen atoms in total. The Morgan fingerprint density at radius 2 is 1.74 bits per heavy atom. The highest BCUT2D eigenvalue weighted by molar-refractivity contribution is 5.84. The van der Waals surface area contributed by atoms with Gasteiger partial charge in [0.1, 0.15) is 0 Å². The summed E-state index contributed by atoms with van der Waals surface area (Å²) in [5, 5.41) is 5.94. The average Bonchev–Trinajstić information content (AvgIpc) is 2.70. The highest BCUT2D eigenvalue weighted by atomic mass is 16.6. The molecular formula is C18H27N5O4. The molecule has 0 aliphatic carbocycles. The van der Waals surface area contributed by atoms with Crippen LogP contribution in [0.5, 0.6) is 0 Å². The maximum Gasteiger partial charge on any atom is 0.411 e. The molecule has 1 fully saturated rings. The minimum atomic E-state index is -0.497. The first-order valence-corrected chi connectivity index (χ1v) is 8.88. The lowest BCUT2D eigenvalue weighted by Gasteiger charge is -2.35. The van der Waals surface area contributed by atoms with Crippen LogP contribution >= 0.6 is 0 Å². The van der Waals surface area contributed by atoms with Gasteiger partial charge in [0.25, 0.3) is 0 Å². The maximum absolute atomic E-state index is 11.8. The lowest BCUT2D eigenvalue weighted by molar-refractivity contribution is 0.0914. The minimum absolute atomic E-state index is 0.263. The van der Waals surface area contributed by atoms with Gasteiger partial charge in [-0.05, 0) is 24.6 Å². The summed E-state index contributed by atoms with van der Waals surface area (Å²) in [4.78, 5) is 31.1. The molecule has 0 saturated carbocycles. The van der Waals surface area contributed by atoms with Gasteiger partial charge in [-0.2, -0.15) is 0 Å². The summed E-state index contributed by atoms with van der Waals surface area (Å²) < 4.78 is 9.60. The zero-order valence-electron chi connectivity index (χ0n) is 16.0. The number of benzene rings is 1. The minimum Gasteiger partial charge on any atom is -0.453 e. The van der Waals surface area contributed by atoms with E-state index in [0.717, 1.165) is 11.5 Å². The number of hydrogen-bond donors (Lipinski definition) is 2. The predicted molar refractivity (Wildman–Crippen MR) is 103 cm³/mol. The first-order valence-electron chi connectivity index (χ1n) is 8.88. The van der Waals surface area contributed by atoms with Gasteiger partial charge in [0.2, 0.25) is 0 Å². The van der Waals surface area contributed by atoms with Gasteiger partial charge >= 0.3 is 12.2 Å². The summed E-state index contributed by atoms with van der Waals surface area (Å²) >= 11 is 0. The molecule has 9 heteroatoms. The number of nitrogens with zero attached hydrogens (tertiary/aromatic N) is 3.